The van der Waals surface area contributed by atoms with Crippen molar-refractivity contribution in [3.8, 4) is 6.07 Å². The van der Waals surface area contributed by atoms with E-state index in [9.17, 15) is 4.79 Å². The Morgan fingerprint density at radius 3 is 3.00 bits per heavy atom. The molecule has 78 valence electrons. The molecule has 0 aromatic heterocycles. The first-order valence-electron chi connectivity index (χ1n) is 5.06. The molecular formula is C10H17N3O. The lowest BCUT2D eigenvalue weighted by Gasteiger charge is -2.18. The van der Waals surface area contributed by atoms with E-state index in [1.807, 2.05) is 13.0 Å². The summed E-state index contributed by atoms with van der Waals surface area (Å²) < 4.78 is 0. The Morgan fingerprint density at radius 2 is 2.50 bits per heavy atom. The fourth-order valence-corrected chi connectivity index (χ4v) is 1.71. The van der Waals surface area contributed by atoms with Crippen molar-refractivity contribution in [3.63, 3.8) is 0 Å². The van der Waals surface area contributed by atoms with Crippen LogP contribution in [0.5, 0.6) is 0 Å². The fourth-order valence-electron chi connectivity index (χ4n) is 1.71. The van der Waals surface area contributed by atoms with Gasteiger partial charge in [-0.15, -0.1) is 0 Å². The Kier molecular flexibility index (Phi) is 3.90. The average molecular weight is 195 g/mol. The molecule has 3 atom stereocenters. The minimum atomic E-state index is -0.0730. The molecule has 0 aromatic rings. The summed E-state index contributed by atoms with van der Waals surface area (Å²) in [5.41, 5.74) is 0. The van der Waals surface area contributed by atoms with E-state index < -0.39 is 0 Å². The van der Waals surface area contributed by atoms with Crippen LogP contribution >= 0.6 is 0 Å². The Morgan fingerprint density at radius 1 is 1.79 bits per heavy atom. The maximum Gasteiger partial charge on any atom is 0.237 e. The highest BCUT2D eigenvalue weighted by Crippen LogP contribution is 2.14. The van der Waals surface area contributed by atoms with Gasteiger partial charge in [0.15, 0.2) is 0 Å². The number of hydrogen-bond donors (Lipinski definition) is 2. The molecule has 1 aliphatic heterocycles. The van der Waals surface area contributed by atoms with Gasteiger partial charge >= 0.3 is 0 Å². The van der Waals surface area contributed by atoms with Crippen LogP contribution in [0.15, 0.2) is 0 Å². The van der Waals surface area contributed by atoms with Gasteiger partial charge in [0.05, 0.1) is 18.5 Å². The van der Waals surface area contributed by atoms with Crippen LogP contribution in [0.4, 0.5) is 0 Å². The maximum atomic E-state index is 11.7. The molecule has 0 radical (unpaired) electrons. The van der Waals surface area contributed by atoms with Crippen molar-refractivity contribution in [1.82, 2.24) is 10.6 Å². The topological polar surface area (TPSA) is 64.9 Å². The lowest BCUT2D eigenvalue weighted by atomic mass is 10.0. The summed E-state index contributed by atoms with van der Waals surface area (Å²) in [6.45, 7) is 4.83. The molecule has 1 aliphatic rings. The lowest BCUT2D eigenvalue weighted by molar-refractivity contribution is -0.124. The molecule has 3 unspecified atom stereocenters. The normalized spacial score (nSPS) is 28.1. The van der Waals surface area contributed by atoms with E-state index in [1.165, 1.54) is 0 Å². The molecule has 4 heteroatoms. The second kappa shape index (κ2) is 4.97. The van der Waals surface area contributed by atoms with E-state index in [0.717, 1.165) is 13.0 Å². The molecule has 14 heavy (non-hydrogen) atoms. The van der Waals surface area contributed by atoms with Crippen LogP contribution in [0.1, 0.15) is 26.7 Å². The maximum absolute atomic E-state index is 11.7. The Hall–Kier alpha value is -1.08. The molecular weight excluding hydrogens is 178 g/mol. The highest BCUT2D eigenvalue weighted by Gasteiger charge is 2.29. The van der Waals surface area contributed by atoms with E-state index in [1.54, 1.807) is 0 Å². The number of rotatable bonds is 3. The van der Waals surface area contributed by atoms with Gasteiger partial charge in [0.2, 0.25) is 5.91 Å². The van der Waals surface area contributed by atoms with Crippen molar-refractivity contribution < 1.29 is 4.79 Å². The summed E-state index contributed by atoms with van der Waals surface area (Å²) in [7, 11) is 0. The van der Waals surface area contributed by atoms with Crippen molar-refractivity contribution >= 4 is 5.91 Å². The highest BCUT2D eigenvalue weighted by molar-refractivity contribution is 5.82. The zero-order valence-electron chi connectivity index (χ0n) is 8.71. The summed E-state index contributed by atoms with van der Waals surface area (Å²) in [5.74, 6) is 0.419. The molecule has 1 heterocycles. The van der Waals surface area contributed by atoms with Gasteiger partial charge in [-0.05, 0) is 25.8 Å². The number of carbonyl (C=O) groups excluding carboxylic acids is 1. The van der Waals surface area contributed by atoms with Crippen molar-refractivity contribution in [3.05, 3.63) is 0 Å². The summed E-state index contributed by atoms with van der Waals surface area (Å²) in [6, 6.07) is 1.91. The van der Waals surface area contributed by atoms with Gasteiger partial charge < -0.3 is 10.6 Å². The smallest absolute Gasteiger partial charge is 0.237 e. The van der Waals surface area contributed by atoms with Crippen LogP contribution < -0.4 is 10.6 Å². The zero-order chi connectivity index (χ0) is 10.6. The third kappa shape index (κ3) is 2.71. The monoisotopic (exact) mass is 195 g/mol. The minimum absolute atomic E-state index is 0.0257. The van der Waals surface area contributed by atoms with E-state index in [4.69, 9.17) is 5.26 Å². The highest BCUT2D eigenvalue weighted by atomic mass is 16.2. The summed E-state index contributed by atoms with van der Waals surface area (Å²) >= 11 is 0. The molecule has 1 amide bonds. The summed E-state index contributed by atoms with van der Waals surface area (Å²) in [4.78, 5) is 11.7. The van der Waals surface area contributed by atoms with Gasteiger partial charge in [0, 0.05) is 6.04 Å². The predicted octanol–water partition coefficient (Wildman–Crippen LogP) is 0.403. The van der Waals surface area contributed by atoms with Crippen molar-refractivity contribution in [1.29, 1.82) is 5.26 Å². The van der Waals surface area contributed by atoms with Crippen LogP contribution in [-0.2, 0) is 4.79 Å². The third-order valence-corrected chi connectivity index (χ3v) is 2.60. The first-order chi connectivity index (χ1) is 6.65. The summed E-state index contributed by atoms with van der Waals surface area (Å²) in [6.07, 6.45) is 1.41. The number of nitrogens with zero attached hydrogens (tertiary/aromatic N) is 1. The molecule has 0 bridgehead atoms. The molecule has 1 saturated heterocycles. The van der Waals surface area contributed by atoms with Gasteiger partial charge in [-0.25, -0.2) is 0 Å². The van der Waals surface area contributed by atoms with Crippen molar-refractivity contribution in [2.75, 3.05) is 6.54 Å². The van der Waals surface area contributed by atoms with E-state index in [0.29, 0.717) is 12.3 Å². The second-order valence-electron chi connectivity index (χ2n) is 3.97. The van der Waals surface area contributed by atoms with Crippen molar-refractivity contribution in [2.45, 2.75) is 38.8 Å². The van der Waals surface area contributed by atoms with Gasteiger partial charge in [-0.2, -0.15) is 5.26 Å². The van der Waals surface area contributed by atoms with Crippen molar-refractivity contribution in [2.24, 2.45) is 5.92 Å². The molecule has 0 saturated carbocycles. The molecule has 0 aliphatic carbocycles. The van der Waals surface area contributed by atoms with Crippen LogP contribution in [0.2, 0.25) is 0 Å². The number of nitrogens with one attached hydrogen (secondary N) is 2. The average Bonchev–Trinajstić information content (AvgIpc) is 2.51. The van der Waals surface area contributed by atoms with Crippen LogP contribution in [0.25, 0.3) is 0 Å². The number of nitriles is 1. The van der Waals surface area contributed by atoms with Crippen LogP contribution in [0, 0.1) is 17.2 Å². The summed E-state index contributed by atoms with van der Waals surface area (Å²) in [5, 5.41) is 14.4. The van der Waals surface area contributed by atoms with Gasteiger partial charge in [0.25, 0.3) is 0 Å². The largest absolute Gasteiger partial charge is 0.351 e. The Balaban J connectivity index is 2.38. The Bertz CT molecular complexity index is 246. The fraction of sp³-hybridized carbons (Fsp3) is 0.800. The Labute approximate surface area is 84.7 Å². The van der Waals surface area contributed by atoms with Gasteiger partial charge in [0.1, 0.15) is 0 Å². The zero-order valence-corrected chi connectivity index (χ0v) is 8.71. The predicted molar refractivity (Wildman–Crippen MR) is 53.4 cm³/mol. The van der Waals surface area contributed by atoms with E-state index in [-0.39, 0.29) is 18.0 Å². The molecule has 1 fully saturated rings. The second-order valence-corrected chi connectivity index (χ2v) is 3.97. The molecule has 0 aromatic carbocycles. The van der Waals surface area contributed by atoms with Crippen LogP contribution in [0.3, 0.4) is 0 Å². The number of amides is 1. The third-order valence-electron chi connectivity index (χ3n) is 2.60. The van der Waals surface area contributed by atoms with E-state index >= 15 is 0 Å². The molecule has 1 rings (SSSR count). The quantitative estimate of drug-likeness (QED) is 0.685. The standard InChI is InChI=1S/C10H17N3O/c1-7-4-6-12-9(7)10(14)13-8(2)3-5-11/h7-9,12H,3-4,6H2,1-2H3,(H,13,14). The minimum Gasteiger partial charge on any atom is -0.351 e. The molecule has 0 spiro atoms. The van der Waals surface area contributed by atoms with E-state index in [2.05, 4.69) is 17.6 Å². The number of carbonyl (C=O) groups is 1. The van der Waals surface area contributed by atoms with Crippen LogP contribution in [-0.4, -0.2) is 24.5 Å². The first kappa shape index (κ1) is 11.0. The first-order valence-corrected chi connectivity index (χ1v) is 5.06. The lowest BCUT2D eigenvalue weighted by Crippen LogP contribution is -2.46. The molecule has 4 nitrogen and oxygen atoms in total. The SMILES string of the molecule is CC(CC#N)NC(=O)C1NCCC1C. The molecule has 2 N–H and O–H groups in total. The van der Waals surface area contributed by atoms with Gasteiger partial charge in [-0.1, -0.05) is 6.92 Å². The number of hydrogen-bond acceptors (Lipinski definition) is 3. The van der Waals surface area contributed by atoms with Gasteiger partial charge in [-0.3, -0.25) is 4.79 Å².